The van der Waals surface area contributed by atoms with Crippen molar-refractivity contribution in [1.82, 2.24) is 29.5 Å². The first kappa shape index (κ1) is 30.5. The highest BCUT2D eigenvalue weighted by Gasteiger charge is 2.21. The predicted molar refractivity (Wildman–Crippen MR) is 214 cm³/mol. The summed E-state index contributed by atoms with van der Waals surface area (Å²) in [6, 6.07) is 62.2. The molecule has 6 heteroatoms. The number of benzene rings is 7. The van der Waals surface area contributed by atoms with Crippen LogP contribution in [0, 0.1) is 0 Å². The molecule has 0 bridgehead atoms. The summed E-state index contributed by atoms with van der Waals surface area (Å²) in [5.74, 6) is 2.47. The van der Waals surface area contributed by atoms with Crippen LogP contribution in [0.3, 0.4) is 0 Å². The summed E-state index contributed by atoms with van der Waals surface area (Å²) in [5.41, 5.74) is 9.50. The molecule has 7 aromatic carbocycles. The lowest BCUT2D eigenvalue weighted by atomic mass is 10.00. The lowest BCUT2D eigenvalue weighted by Gasteiger charge is -2.17. The SMILES string of the molecule is c1ccc(-c2nc(-c3ccccc3)nc(-c3ccc(-n4c5ccccc5c5ccccc54)c(-c4nc(-c5ccccc5)nc5ccccc45)c3)n2)cc1. The Bertz CT molecular complexity index is 2830. The third-order valence-corrected chi connectivity index (χ3v) is 9.67. The second-order valence-corrected chi connectivity index (χ2v) is 12.9. The number of rotatable bonds is 6. The molecule has 53 heavy (non-hydrogen) atoms. The van der Waals surface area contributed by atoms with Gasteiger partial charge in [0, 0.05) is 44.0 Å². The topological polar surface area (TPSA) is 69.4 Å². The maximum atomic E-state index is 5.36. The van der Waals surface area contributed by atoms with Gasteiger partial charge in [0.1, 0.15) is 0 Å². The van der Waals surface area contributed by atoms with Gasteiger partial charge in [0.2, 0.25) is 0 Å². The Morgan fingerprint density at radius 1 is 0.321 bits per heavy atom. The van der Waals surface area contributed by atoms with Crippen molar-refractivity contribution in [2.24, 2.45) is 0 Å². The normalized spacial score (nSPS) is 11.4. The molecule has 248 valence electrons. The van der Waals surface area contributed by atoms with Gasteiger partial charge in [0.25, 0.3) is 0 Å². The van der Waals surface area contributed by atoms with Gasteiger partial charge in [-0.2, -0.15) is 0 Å². The molecule has 0 aliphatic carbocycles. The van der Waals surface area contributed by atoms with E-state index in [9.17, 15) is 0 Å². The summed E-state index contributed by atoms with van der Waals surface area (Å²) in [6.45, 7) is 0. The number of hydrogen-bond acceptors (Lipinski definition) is 5. The fourth-order valence-corrected chi connectivity index (χ4v) is 7.18. The summed E-state index contributed by atoms with van der Waals surface area (Å²) in [5, 5.41) is 3.33. The van der Waals surface area contributed by atoms with Gasteiger partial charge in [-0.25, -0.2) is 24.9 Å². The third-order valence-electron chi connectivity index (χ3n) is 9.67. The molecule has 0 fully saturated rings. The molecule has 0 saturated heterocycles. The van der Waals surface area contributed by atoms with Gasteiger partial charge in [0.15, 0.2) is 23.3 Å². The molecule has 0 spiro atoms. The van der Waals surface area contributed by atoms with Gasteiger partial charge < -0.3 is 4.57 Å². The highest BCUT2D eigenvalue weighted by molar-refractivity contribution is 6.10. The zero-order valence-corrected chi connectivity index (χ0v) is 28.5. The summed E-state index contributed by atoms with van der Waals surface area (Å²) in [6.07, 6.45) is 0. The molecule has 3 aromatic heterocycles. The lowest BCUT2D eigenvalue weighted by molar-refractivity contribution is 1.07. The average molecular weight is 679 g/mol. The molecule has 0 atom stereocenters. The van der Waals surface area contributed by atoms with Crippen molar-refractivity contribution in [3.05, 3.63) is 182 Å². The average Bonchev–Trinajstić information content (AvgIpc) is 3.58. The molecule has 0 unspecified atom stereocenters. The Balaban J connectivity index is 1.29. The first-order valence-corrected chi connectivity index (χ1v) is 17.6. The van der Waals surface area contributed by atoms with E-state index in [2.05, 4.69) is 95.6 Å². The van der Waals surface area contributed by atoms with Crippen LogP contribution in [-0.2, 0) is 0 Å². The minimum absolute atomic E-state index is 0.578. The minimum atomic E-state index is 0.578. The van der Waals surface area contributed by atoms with E-state index in [-0.39, 0.29) is 0 Å². The molecular weight excluding hydrogens is 649 g/mol. The van der Waals surface area contributed by atoms with Gasteiger partial charge in [-0.05, 0) is 36.4 Å². The van der Waals surface area contributed by atoms with E-state index in [1.54, 1.807) is 0 Å². The van der Waals surface area contributed by atoms with Crippen LogP contribution in [-0.4, -0.2) is 29.5 Å². The van der Waals surface area contributed by atoms with Crippen molar-refractivity contribution in [1.29, 1.82) is 0 Å². The first-order chi connectivity index (χ1) is 26.3. The van der Waals surface area contributed by atoms with Crippen LogP contribution in [0.15, 0.2) is 182 Å². The molecule has 3 heterocycles. The van der Waals surface area contributed by atoms with Gasteiger partial charge in [-0.15, -0.1) is 0 Å². The van der Waals surface area contributed by atoms with Crippen LogP contribution < -0.4 is 0 Å². The number of fused-ring (bicyclic) bond motifs is 4. The Labute approximate surface area is 305 Å². The number of hydrogen-bond donors (Lipinski definition) is 0. The second kappa shape index (κ2) is 12.8. The summed E-state index contributed by atoms with van der Waals surface area (Å²) in [4.78, 5) is 25.5. The van der Waals surface area contributed by atoms with Gasteiger partial charge in [0.05, 0.1) is 27.9 Å². The third kappa shape index (κ3) is 5.41. The van der Waals surface area contributed by atoms with Crippen LogP contribution >= 0.6 is 0 Å². The Hall–Kier alpha value is -7.31. The largest absolute Gasteiger partial charge is 0.309 e. The standard InChI is InChI=1S/C47H30N6/c1-4-16-31(17-5-1)44-48-39-25-13-10-24-37(39)43(49-44)38-30-34(28-29-42(38)53-40-26-14-11-22-35(40)36-23-12-15-27-41(36)53)47-51-45(32-18-6-2-7-19-32)50-46(52-47)33-20-8-3-9-21-33/h1-30H. The zero-order chi connectivity index (χ0) is 35.1. The highest BCUT2D eigenvalue weighted by atomic mass is 15.0. The van der Waals surface area contributed by atoms with Crippen LogP contribution in [0.25, 0.3) is 95.2 Å². The van der Waals surface area contributed by atoms with E-state index < -0.39 is 0 Å². The van der Waals surface area contributed by atoms with Crippen molar-refractivity contribution < 1.29 is 0 Å². The molecule has 0 aliphatic rings. The molecule has 0 radical (unpaired) electrons. The number of nitrogens with zero attached hydrogens (tertiary/aromatic N) is 6. The van der Waals surface area contributed by atoms with E-state index in [0.717, 1.165) is 61.1 Å². The quantitative estimate of drug-likeness (QED) is 0.175. The number of aromatic nitrogens is 6. The van der Waals surface area contributed by atoms with Crippen LogP contribution in [0.1, 0.15) is 0 Å². The smallest absolute Gasteiger partial charge is 0.164 e. The molecular formula is C47H30N6. The molecule has 10 rings (SSSR count). The molecule has 0 amide bonds. The summed E-state index contributed by atoms with van der Waals surface area (Å²) >= 11 is 0. The van der Waals surface area contributed by atoms with E-state index in [4.69, 9.17) is 24.9 Å². The van der Waals surface area contributed by atoms with Crippen LogP contribution in [0.4, 0.5) is 0 Å². The Kier molecular flexibility index (Phi) is 7.36. The maximum absolute atomic E-state index is 5.36. The molecule has 0 saturated carbocycles. The summed E-state index contributed by atoms with van der Waals surface area (Å²) < 4.78 is 2.35. The van der Waals surface area contributed by atoms with Crippen molar-refractivity contribution in [3.63, 3.8) is 0 Å². The lowest BCUT2D eigenvalue weighted by Crippen LogP contribution is -2.03. The van der Waals surface area contributed by atoms with Crippen molar-refractivity contribution in [3.8, 4) is 62.5 Å². The van der Waals surface area contributed by atoms with E-state index >= 15 is 0 Å². The van der Waals surface area contributed by atoms with E-state index in [1.165, 1.54) is 10.8 Å². The maximum Gasteiger partial charge on any atom is 0.164 e. The number of para-hydroxylation sites is 3. The van der Waals surface area contributed by atoms with Crippen molar-refractivity contribution in [2.45, 2.75) is 0 Å². The van der Waals surface area contributed by atoms with Gasteiger partial charge in [-0.3, -0.25) is 0 Å². The molecule has 10 aromatic rings. The highest BCUT2D eigenvalue weighted by Crippen LogP contribution is 2.40. The van der Waals surface area contributed by atoms with Crippen LogP contribution in [0.5, 0.6) is 0 Å². The molecule has 0 aliphatic heterocycles. The molecule has 6 nitrogen and oxygen atoms in total. The summed E-state index contributed by atoms with van der Waals surface area (Å²) in [7, 11) is 0. The van der Waals surface area contributed by atoms with Gasteiger partial charge in [-0.1, -0.05) is 146 Å². The second-order valence-electron chi connectivity index (χ2n) is 12.9. The minimum Gasteiger partial charge on any atom is -0.309 e. The van der Waals surface area contributed by atoms with E-state index in [1.807, 2.05) is 91.0 Å². The van der Waals surface area contributed by atoms with Crippen LogP contribution in [0.2, 0.25) is 0 Å². The molecule has 0 N–H and O–H groups in total. The predicted octanol–water partition coefficient (Wildman–Crippen LogP) is 11.2. The zero-order valence-electron chi connectivity index (χ0n) is 28.5. The Morgan fingerprint density at radius 3 is 1.30 bits per heavy atom. The fraction of sp³-hybridized carbons (Fsp3) is 0. The monoisotopic (exact) mass is 678 g/mol. The first-order valence-electron chi connectivity index (χ1n) is 17.6. The van der Waals surface area contributed by atoms with Gasteiger partial charge >= 0.3 is 0 Å². The fourth-order valence-electron chi connectivity index (χ4n) is 7.18. The Morgan fingerprint density at radius 2 is 0.755 bits per heavy atom. The van der Waals surface area contributed by atoms with Crippen molar-refractivity contribution >= 4 is 32.7 Å². The van der Waals surface area contributed by atoms with Crippen molar-refractivity contribution in [2.75, 3.05) is 0 Å². The van der Waals surface area contributed by atoms with E-state index in [0.29, 0.717) is 23.3 Å².